The number of carbonyl (C=O) groups excluding carboxylic acids is 1. The first-order valence-corrected chi connectivity index (χ1v) is 10.5. The molecule has 29 heavy (non-hydrogen) atoms. The first kappa shape index (κ1) is 20.7. The van der Waals surface area contributed by atoms with Crippen molar-refractivity contribution in [3.8, 4) is 0 Å². The molecule has 2 aromatic rings. The summed E-state index contributed by atoms with van der Waals surface area (Å²) in [6, 6.07) is 10.0. The van der Waals surface area contributed by atoms with Crippen LogP contribution in [0, 0.1) is 10.1 Å². The summed E-state index contributed by atoms with van der Waals surface area (Å²) in [6.45, 7) is 1.57. The van der Waals surface area contributed by atoms with Gasteiger partial charge in [0, 0.05) is 45.0 Å². The number of carbonyl (C=O) groups is 1. The lowest BCUT2D eigenvalue weighted by atomic mass is 10.1. The van der Waals surface area contributed by atoms with Crippen molar-refractivity contribution in [2.75, 3.05) is 37.4 Å². The van der Waals surface area contributed by atoms with Crippen molar-refractivity contribution in [3.63, 3.8) is 0 Å². The number of hydrogen-bond acceptors (Lipinski definition) is 6. The van der Waals surface area contributed by atoms with Crippen LogP contribution in [0.25, 0.3) is 0 Å². The number of anilines is 2. The van der Waals surface area contributed by atoms with Crippen molar-refractivity contribution >= 4 is 33.0 Å². The summed E-state index contributed by atoms with van der Waals surface area (Å²) in [5, 5.41) is 13.9. The van der Waals surface area contributed by atoms with Gasteiger partial charge in [0.05, 0.1) is 21.1 Å². The molecule has 0 saturated carbocycles. The van der Waals surface area contributed by atoms with Gasteiger partial charge in [0.1, 0.15) is 0 Å². The normalized spacial score (nSPS) is 14.2. The third kappa shape index (κ3) is 4.38. The van der Waals surface area contributed by atoms with Crippen LogP contribution in [-0.2, 0) is 10.0 Å². The van der Waals surface area contributed by atoms with E-state index in [0.29, 0.717) is 11.4 Å². The highest BCUT2D eigenvalue weighted by Crippen LogP contribution is 2.29. The van der Waals surface area contributed by atoms with Crippen molar-refractivity contribution in [2.24, 2.45) is 0 Å². The number of nitro benzene ring substituents is 1. The Labute approximate surface area is 169 Å². The molecule has 0 aliphatic carbocycles. The van der Waals surface area contributed by atoms with Crippen LogP contribution < -0.4 is 10.2 Å². The molecule has 0 unspecified atom stereocenters. The minimum Gasteiger partial charge on any atom is -0.371 e. The van der Waals surface area contributed by atoms with Gasteiger partial charge in [-0.05, 0) is 43.2 Å². The van der Waals surface area contributed by atoms with E-state index < -0.39 is 20.9 Å². The average Bonchev–Trinajstić information content (AvgIpc) is 3.22. The largest absolute Gasteiger partial charge is 0.371 e. The molecule has 10 heteroatoms. The number of nitro groups is 1. The van der Waals surface area contributed by atoms with Crippen molar-refractivity contribution in [1.82, 2.24) is 4.31 Å². The summed E-state index contributed by atoms with van der Waals surface area (Å²) >= 11 is 0. The Morgan fingerprint density at radius 1 is 1.10 bits per heavy atom. The number of amides is 1. The zero-order chi connectivity index (χ0) is 21.2. The van der Waals surface area contributed by atoms with Crippen LogP contribution in [0.4, 0.5) is 17.1 Å². The highest BCUT2D eigenvalue weighted by atomic mass is 32.2. The molecular weight excluding hydrogens is 396 g/mol. The van der Waals surface area contributed by atoms with Gasteiger partial charge < -0.3 is 10.2 Å². The summed E-state index contributed by atoms with van der Waals surface area (Å²) in [4.78, 5) is 25.6. The fraction of sp³-hybridized carbons (Fsp3) is 0.316. The Bertz CT molecular complexity index is 1030. The molecule has 1 fully saturated rings. The molecule has 0 bridgehead atoms. The minimum atomic E-state index is -3.57. The first-order chi connectivity index (χ1) is 13.7. The quantitative estimate of drug-likeness (QED) is 0.570. The highest BCUT2D eigenvalue weighted by molar-refractivity contribution is 7.89. The number of hydrogen-bond donors (Lipinski definition) is 1. The lowest BCUT2D eigenvalue weighted by Gasteiger charge is -2.21. The summed E-state index contributed by atoms with van der Waals surface area (Å²) < 4.78 is 25.4. The Hall–Kier alpha value is -2.98. The average molecular weight is 418 g/mol. The molecule has 1 aliphatic rings. The number of nitrogens with zero attached hydrogens (tertiary/aromatic N) is 3. The lowest BCUT2D eigenvalue weighted by Crippen LogP contribution is -2.23. The highest BCUT2D eigenvalue weighted by Gasteiger charge is 2.23. The van der Waals surface area contributed by atoms with E-state index in [4.69, 9.17) is 0 Å². The van der Waals surface area contributed by atoms with Gasteiger partial charge in [-0.25, -0.2) is 12.7 Å². The summed E-state index contributed by atoms with van der Waals surface area (Å²) in [7, 11) is -0.693. The van der Waals surface area contributed by atoms with E-state index in [-0.39, 0.29) is 16.1 Å². The molecule has 9 nitrogen and oxygen atoms in total. The maximum absolute atomic E-state index is 12.9. The van der Waals surface area contributed by atoms with Crippen molar-refractivity contribution < 1.29 is 18.1 Å². The summed E-state index contributed by atoms with van der Waals surface area (Å²) in [5.41, 5.74) is 1.10. The molecule has 0 aromatic heterocycles. The monoisotopic (exact) mass is 418 g/mol. The second-order valence-corrected chi connectivity index (χ2v) is 9.07. The van der Waals surface area contributed by atoms with Crippen LogP contribution in [0.5, 0.6) is 0 Å². The molecule has 2 aromatic carbocycles. The first-order valence-electron chi connectivity index (χ1n) is 9.07. The van der Waals surface area contributed by atoms with E-state index in [0.717, 1.165) is 30.2 Å². The predicted octanol–water partition coefficient (Wildman–Crippen LogP) is 2.70. The van der Waals surface area contributed by atoms with E-state index in [1.54, 1.807) is 6.07 Å². The van der Waals surface area contributed by atoms with E-state index >= 15 is 0 Å². The van der Waals surface area contributed by atoms with Gasteiger partial charge in [0.2, 0.25) is 10.0 Å². The van der Waals surface area contributed by atoms with E-state index in [2.05, 4.69) is 5.32 Å². The number of nitrogens with one attached hydrogen (secondary N) is 1. The molecule has 1 aliphatic heterocycles. The zero-order valence-corrected chi connectivity index (χ0v) is 17.0. The van der Waals surface area contributed by atoms with E-state index in [1.165, 1.54) is 50.5 Å². The number of rotatable bonds is 6. The molecular formula is C19H22N4O5S. The third-order valence-corrected chi connectivity index (χ3v) is 6.60. The summed E-state index contributed by atoms with van der Waals surface area (Å²) in [6.07, 6.45) is 2.00. The molecule has 0 spiro atoms. The molecule has 1 amide bonds. The van der Waals surface area contributed by atoms with E-state index in [9.17, 15) is 23.3 Å². The molecule has 0 atom stereocenters. The fourth-order valence-electron chi connectivity index (χ4n) is 3.17. The van der Waals surface area contributed by atoms with Crippen LogP contribution in [0.1, 0.15) is 23.2 Å². The van der Waals surface area contributed by atoms with Gasteiger partial charge in [-0.15, -0.1) is 0 Å². The van der Waals surface area contributed by atoms with Crippen molar-refractivity contribution in [3.05, 3.63) is 58.1 Å². The number of non-ortho nitro benzene ring substituents is 1. The van der Waals surface area contributed by atoms with Crippen LogP contribution in [0.3, 0.4) is 0 Å². The van der Waals surface area contributed by atoms with Crippen LogP contribution >= 0.6 is 0 Å². The smallest absolute Gasteiger partial charge is 0.270 e. The predicted molar refractivity (Wildman–Crippen MR) is 110 cm³/mol. The second-order valence-electron chi connectivity index (χ2n) is 6.92. The van der Waals surface area contributed by atoms with Crippen LogP contribution in [0.15, 0.2) is 47.4 Å². The topological polar surface area (TPSA) is 113 Å². The van der Waals surface area contributed by atoms with Crippen molar-refractivity contribution in [1.29, 1.82) is 0 Å². The number of sulfonamides is 1. The minimum absolute atomic E-state index is 0.105. The molecule has 1 N–H and O–H groups in total. The maximum Gasteiger partial charge on any atom is 0.270 e. The second kappa shape index (κ2) is 8.18. The summed E-state index contributed by atoms with van der Waals surface area (Å²) in [5.74, 6) is -0.487. The van der Waals surface area contributed by atoms with Crippen molar-refractivity contribution in [2.45, 2.75) is 17.7 Å². The van der Waals surface area contributed by atoms with Gasteiger partial charge in [0.25, 0.3) is 11.6 Å². The Kier molecular flexibility index (Phi) is 5.85. The molecule has 3 rings (SSSR count). The van der Waals surface area contributed by atoms with Gasteiger partial charge in [-0.2, -0.15) is 0 Å². The number of benzene rings is 2. The van der Waals surface area contributed by atoms with E-state index in [1.807, 2.05) is 4.90 Å². The Morgan fingerprint density at radius 3 is 2.28 bits per heavy atom. The molecule has 0 radical (unpaired) electrons. The van der Waals surface area contributed by atoms with Gasteiger partial charge in [0.15, 0.2) is 0 Å². The third-order valence-electron chi connectivity index (χ3n) is 4.77. The molecule has 1 saturated heterocycles. The van der Waals surface area contributed by atoms with Gasteiger partial charge in [-0.3, -0.25) is 14.9 Å². The fourth-order valence-corrected chi connectivity index (χ4v) is 4.07. The maximum atomic E-state index is 12.9. The standard InChI is InChI=1S/C19H22N4O5S/c1-21(2)29(27,28)16-8-5-14(6-9-16)20-19(24)17-13-15(23(25)26)7-10-18(17)22-11-3-4-12-22/h5-10,13H,3-4,11-12H2,1-2H3,(H,20,24). The van der Waals surface area contributed by atoms with Gasteiger partial charge in [-0.1, -0.05) is 0 Å². The Morgan fingerprint density at radius 2 is 1.72 bits per heavy atom. The van der Waals surface area contributed by atoms with Gasteiger partial charge >= 0.3 is 0 Å². The Balaban J connectivity index is 1.88. The molecule has 1 heterocycles. The molecule has 154 valence electrons. The van der Waals surface area contributed by atoms with Crippen LogP contribution in [-0.4, -0.2) is 50.7 Å². The van der Waals surface area contributed by atoms with Crippen LogP contribution in [0.2, 0.25) is 0 Å². The lowest BCUT2D eigenvalue weighted by molar-refractivity contribution is -0.384. The zero-order valence-electron chi connectivity index (χ0n) is 16.2. The SMILES string of the molecule is CN(C)S(=O)(=O)c1ccc(NC(=O)c2cc([N+](=O)[O-])ccc2N2CCCC2)cc1.